The van der Waals surface area contributed by atoms with Crippen LogP contribution in [0.15, 0.2) is 24.5 Å². The predicted molar refractivity (Wildman–Crippen MR) is 78.3 cm³/mol. The average Bonchev–Trinajstić information content (AvgIpc) is 2.48. The van der Waals surface area contributed by atoms with Crippen LogP contribution < -0.4 is 20.5 Å². The van der Waals surface area contributed by atoms with E-state index in [1.807, 2.05) is 18.2 Å². The summed E-state index contributed by atoms with van der Waals surface area (Å²) in [5, 5.41) is 3.40. The number of hydrogen-bond acceptors (Lipinski definition) is 6. The van der Waals surface area contributed by atoms with Crippen molar-refractivity contribution in [1.29, 1.82) is 0 Å². The fraction of sp³-hybridized carbons (Fsp3) is 0.231. The van der Waals surface area contributed by atoms with Crippen molar-refractivity contribution in [2.45, 2.75) is 6.54 Å². The Kier molecular flexibility index (Phi) is 4.47. The van der Waals surface area contributed by atoms with Gasteiger partial charge in [0.1, 0.15) is 28.7 Å². The largest absolute Gasteiger partial charge is 0.497 e. The minimum absolute atomic E-state index is 0.242. The van der Waals surface area contributed by atoms with Gasteiger partial charge in [0.2, 0.25) is 0 Å². The average molecular weight is 295 g/mol. The summed E-state index contributed by atoms with van der Waals surface area (Å²) < 4.78 is 10.5. The van der Waals surface area contributed by atoms with Crippen LogP contribution in [0, 0.1) is 0 Å². The molecule has 0 radical (unpaired) electrons. The van der Waals surface area contributed by atoms with Crippen molar-refractivity contribution in [3.05, 3.63) is 35.1 Å². The summed E-state index contributed by atoms with van der Waals surface area (Å²) >= 11 is 6.02. The number of aromatic nitrogens is 2. The molecule has 0 aliphatic heterocycles. The molecule has 2 rings (SSSR count). The van der Waals surface area contributed by atoms with Crippen LogP contribution in [0.25, 0.3) is 0 Å². The fourth-order valence-corrected chi connectivity index (χ4v) is 1.85. The molecule has 0 fully saturated rings. The first-order valence-electron chi connectivity index (χ1n) is 5.86. The maximum absolute atomic E-state index is 6.02. The van der Waals surface area contributed by atoms with Crippen LogP contribution in [0.3, 0.4) is 0 Å². The molecule has 20 heavy (non-hydrogen) atoms. The third kappa shape index (κ3) is 3.03. The van der Waals surface area contributed by atoms with Crippen LogP contribution in [0.5, 0.6) is 11.5 Å². The molecule has 0 bridgehead atoms. The second-order valence-electron chi connectivity index (χ2n) is 3.95. The second-order valence-corrected chi connectivity index (χ2v) is 4.33. The zero-order chi connectivity index (χ0) is 14.5. The molecule has 0 spiro atoms. The van der Waals surface area contributed by atoms with Gasteiger partial charge in [0.05, 0.1) is 14.2 Å². The number of rotatable bonds is 5. The quantitative estimate of drug-likeness (QED) is 0.881. The molecule has 1 aromatic heterocycles. The third-order valence-electron chi connectivity index (χ3n) is 2.76. The Hall–Kier alpha value is -2.21. The highest BCUT2D eigenvalue weighted by molar-refractivity contribution is 6.35. The molecule has 0 aliphatic rings. The van der Waals surface area contributed by atoms with Gasteiger partial charge in [-0.2, -0.15) is 0 Å². The molecular weight excluding hydrogens is 280 g/mol. The fourth-order valence-electron chi connectivity index (χ4n) is 1.68. The summed E-state index contributed by atoms with van der Waals surface area (Å²) in [4.78, 5) is 7.85. The molecule has 0 saturated heterocycles. The Morgan fingerprint density at radius 1 is 1.25 bits per heavy atom. The van der Waals surface area contributed by atoms with E-state index in [4.69, 9.17) is 26.8 Å². The monoisotopic (exact) mass is 294 g/mol. The van der Waals surface area contributed by atoms with Crippen molar-refractivity contribution in [3.8, 4) is 11.5 Å². The molecule has 6 nitrogen and oxygen atoms in total. The Labute approximate surface area is 121 Å². The number of halogens is 1. The molecule has 1 aromatic carbocycles. The lowest BCUT2D eigenvalue weighted by Crippen LogP contribution is -2.05. The highest BCUT2D eigenvalue weighted by Gasteiger charge is 2.09. The molecule has 0 saturated carbocycles. The van der Waals surface area contributed by atoms with Gasteiger partial charge in [-0.15, -0.1) is 0 Å². The SMILES string of the molecule is COc1ccc(CNc2ncnc(N)c2Cl)c(OC)c1. The molecule has 2 aromatic rings. The number of hydrogen-bond donors (Lipinski definition) is 2. The molecule has 0 amide bonds. The standard InChI is InChI=1S/C13H15ClN4O2/c1-19-9-4-3-8(10(5-9)20-2)6-16-13-11(14)12(15)17-7-18-13/h3-5,7H,6H2,1-2H3,(H3,15,16,17,18). The predicted octanol–water partition coefficient (Wildman–Crippen LogP) is 2.34. The number of nitrogens with one attached hydrogen (secondary N) is 1. The summed E-state index contributed by atoms with van der Waals surface area (Å²) in [6, 6.07) is 5.57. The number of ether oxygens (including phenoxy) is 2. The van der Waals surface area contributed by atoms with Gasteiger partial charge in [-0.3, -0.25) is 0 Å². The first kappa shape index (κ1) is 14.2. The number of anilines is 2. The zero-order valence-corrected chi connectivity index (χ0v) is 11.9. The number of nitrogens with two attached hydrogens (primary N) is 1. The Bertz CT molecular complexity index is 607. The number of benzene rings is 1. The molecule has 3 N–H and O–H groups in total. The minimum atomic E-state index is 0.242. The van der Waals surface area contributed by atoms with E-state index >= 15 is 0 Å². The van der Waals surface area contributed by atoms with Gasteiger partial charge in [-0.25, -0.2) is 9.97 Å². The van der Waals surface area contributed by atoms with Gasteiger partial charge < -0.3 is 20.5 Å². The van der Waals surface area contributed by atoms with Crippen molar-refractivity contribution in [2.75, 3.05) is 25.3 Å². The van der Waals surface area contributed by atoms with Gasteiger partial charge in [-0.1, -0.05) is 11.6 Å². The van der Waals surface area contributed by atoms with Gasteiger partial charge in [0.25, 0.3) is 0 Å². The first-order valence-corrected chi connectivity index (χ1v) is 6.24. The Morgan fingerprint density at radius 2 is 2.05 bits per heavy atom. The number of methoxy groups -OCH3 is 2. The molecular formula is C13H15ClN4O2. The zero-order valence-electron chi connectivity index (χ0n) is 11.2. The summed E-state index contributed by atoms with van der Waals surface area (Å²) in [5.41, 5.74) is 6.57. The molecule has 1 heterocycles. The van der Waals surface area contributed by atoms with Crippen LogP contribution >= 0.6 is 11.6 Å². The molecule has 0 atom stereocenters. The highest BCUT2D eigenvalue weighted by Crippen LogP contribution is 2.27. The van der Waals surface area contributed by atoms with Crippen molar-refractivity contribution in [3.63, 3.8) is 0 Å². The van der Waals surface area contributed by atoms with Crippen molar-refractivity contribution in [1.82, 2.24) is 9.97 Å². The Morgan fingerprint density at radius 3 is 2.75 bits per heavy atom. The molecule has 106 valence electrons. The lowest BCUT2D eigenvalue weighted by atomic mass is 10.2. The van der Waals surface area contributed by atoms with E-state index in [0.29, 0.717) is 17.4 Å². The van der Waals surface area contributed by atoms with Crippen molar-refractivity contribution < 1.29 is 9.47 Å². The number of nitrogens with zero attached hydrogens (tertiary/aromatic N) is 2. The van der Waals surface area contributed by atoms with E-state index in [9.17, 15) is 0 Å². The molecule has 0 aliphatic carbocycles. The van der Waals surface area contributed by atoms with Gasteiger partial charge >= 0.3 is 0 Å². The maximum atomic E-state index is 6.02. The van der Waals surface area contributed by atoms with Gasteiger partial charge in [0, 0.05) is 18.2 Å². The van der Waals surface area contributed by atoms with Crippen LogP contribution in [0.2, 0.25) is 5.02 Å². The Balaban J connectivity index is 2.16. The summed E-state index contributed by atoms with van der Waals surface area (Å²) in [5.74, 6) is 2.17. The second kappa shape index (κ2) is 6.29. The first-order chi connectivity index (χ1) is 9.65. The smallest absolute Gasteiger partial charge is 0.150 e. The van der Waals surface area contributed by atoms with Gasteiger partial charge in [0.15, 0.2) is 5.82 Å². The summed E-state index contributed by atoms with van der Waals surface area (Å²) in [6.07, 6.45) is 1.36. The normalized spacial score (nSPS) is 10.2. The van der Waals surface area contributed by atoms with Crippen molar-refractivity contribution >= 4 is 23.2 Å². The summed E-state index contributed by atoms with van der Waals surface area (Å²) in [7, 11) is 3.21. The van der Waals surface area contributed by atoms with Crippen molar-refractivity contribution in [2.24, 2.45) is 0 Å². The molecule has 0 unspecified atom stereocenters. The highest BCUT2D eigenvalue weighted by atomic mass is 35.5. The van der Waals surface area contributed by atoms with Crippen LogP contribution in [0.1, 0.15) is 5.56 Å². The van der Waals surface area contributed by atoms with Crippen LogP contribution in [-0.4, -0.2) is 24.2 Å². The third-order valence-corrected chi connectivity index (χ3v) is 3.13. The van der Waals surface area contributed by atoms with E-state index in [2.05, 4.69) is 15.3 Å². The summed E-state index contributed by atoms with van der Waals surface area (Å²) in [6.45, 7) is 0.489. The maximum Gasteiger partial charge on any atom is 0.150 e. The van der Waals surface area contributed by atoms with Gasteiger partial charge in [-0.05, 0) is 12.1 Å². The lowest BCUT2D eigenvalue weighted by molar-refractivity contribution is 0.391. The van der Waals surface area contributed by atoms with Crippen LogP contribution in [0.4, 0.5) is 11.6 Å². The minimum Gasteiger partial charge on any atom is -0.497 e. The van der Waals surface area contributed by atoms with E-state index in [1.54, 1.807) is 14.2 Å². The lowest BCUT2D eigenvalue weighted by Gasteiger charge is -2.12. The van der Waals surface area contributed by atoms with Crippen LogP contribution in [-0.2, 0) is 6.54 Å². The van der Waals surface area contributed by atoms with E-state index in [-0.39, 0.29) is 5.82 Å². The van der Waals surface area contributed by atoms with E-state index in [1.165, 1.54) is 6.33 Å². The van der Waals surface area contributed by atoms with E-state index < -0.39 is 0 Å². The topological polar surface area (TPSA) is 82.3 Å². The molecule has 7 heteroatoms. The van der Waals surface area contributed by atoms with E-state index in [0.717, 1.165) is 17.1 Å². The number of nitrogen functional groups attached to an aromatic ring is 1.